The van der Waals surface area contributed by atoms with E-state index in [9.17, 15) is 4.39 Å². The lowest BCUT2D eigenvalue weighted by molar-refractivity contribution is 0.629. The summed E-state index contributed by atoms with van der Waals surface area (Å²) in [5, 5.41) is 1.04. The third-order valence-electron chi connectivity index (χ3n) is 2.55. The minimum absolute atomic E-state index is 0.218. The van der Waals surface area contributed by atoms with E-state index >= 15 is 0 Å². The van der Waals surface area contributed by atoms with Crippen LogP contribution in [0.25, 0.3) is 22.0 Å². The van der Waals surface area contributed by atoms with Crippen molar-refractivity contribution in [3.8, 4) is 11.1 Å². The van der Waals surface area contributed by atoms with Crippen LogP contribution in [0.3, 0.4) is 0 Å². The molecular weight excluding hydrogens is 191 g/mol. The first-order valence-corrected chi connectivity index (χ1v) is 4.74. The molecule has 3 heteroatoms. The van der Waals surface area contributed by atoms with Gasteiger partial charge in [-0.25, -0.2) is 4.39 Å². The Kier molecular flexibility index (Phi) is 1.65. The zero-order valence-corrected chi connectivity index (χ0v) is 7.92. The highest BCUT2D eigenvalue weighted by atomic mass is 19.1. The van der Waals surface area contributed by atoms with E-state index in [1.54, 1.807) is 6.07 Å². The summed E-state index contributed by atoms with van der Waals surface area (Å²) in [6.45, 7) is 0. The van der Waals surface area contributed by atoms with Crippen molar-refractivity contribution in [2.45, 2.75) is 0 Å². The van der Waals surface area contributed by atoms with Crippen molar-refractivity contribution in [2.75, 3.05) is 0 Å². The van der Waals surface area contributed by atoms with Crippen LogP contribution in [0.4, 0.5) is 4.39 Å². The first-order valence-electron chi connectivity index (χ1n) is 4.74. The smallest absolute Gasteiger partial charge is 0.125 e. The number of rotatable bonds is 1. The van der Waals surface area contributed by atoms with E-state index in [0.29, 0.717) is 0 Å². The van der Waals surface area contributed by atoms with Gasteiger partial charge in [-0.2, -0.15) is 0 Å². The van der Waals surface area contributed by atoms with Gasteiger partial charge in [-0.3, -0.25) is 0 Å². The Morgan fingerprint density at radius 1 is 1.07 bits per heavy atom. The van der Waals surface area contributed by atoms with Crippen LogP contribution >= 0.6 is 0 Å². The molecule has 0 amide bonds. The van der Waals surface area contributed by atoms with E-state index in [2.05, 4.69) is 9.97 Å². The Balaban J connectivity index is 2.29. The number of H-pyrrole nitrogens is 2. The number of aromatic amines is 2. The van der Waals surface area contributed by atoms with Gasteiger partial charge in [0.1, 0.15) is 5.82 Å². The summed E-state index contributed by atoms with van der Waals surface area (Å²) >= 11 is 0. The summed E-state index contributed by atoms with van der Waals surface area (Å²) in [6, 6.07) is 6.77. The molecule has 3 aromatic rings. The molecule has 0 saturated heterocycles. The molecule has 0 aliphatic carbocycles. The summed E-state index contributed by atoms with van der Waals surface area (Å²) in [7, 11) is 0. The quantitative estimate of drug-likeness (QED) is 0.604. The number of halogens is 1. The van der Waals surface area contributed by atoms with Crippen molar-refractivity contribution in [3.63, 3.8) is 0 Å². The summed E-state index contributed by atoms with van der Waals surface area (Å²) < 4.78 is 13.0. The molecule has 2 nitrogen and oxygen atoms in total. The molecular formula is C12H9FN2. The molecule has 0 fully saturated rings. The van der Waals surface area contributed by atoms with E-state index in [-0.39, 0.29) is 5.82 Å². The van der Waals surface area contributed by atoms with Crippen LogP contribution in [-0.4, -0.2) is 9.97 Å². The average Bonchev–Trinajstić information content (AvgIpc) is 2.82. The molecule has 0 atom stereocenters. The summed E-state index contributed by atoms with van der Waals surface area (Å²) in [6.07, 6.45) is 5.69. The monoisotopic (exact) mass is 200 g/mol. The Morgan fingerprint density at radius 2 is 2.00 bits per heavy atom. The summed E-state index contributed by atoms with van der Waals surface area (Å²) in [5.41, 5.74) is 3.02. The predicted molar refractivity (Wildman–Crippen MR) is 58.0 cm³/mol. The van der Waals surface area contributed by atoms with Gasteiger partial charge < -0.3 is 9.97 Å². The molecule has 0 bridgehead atoms. The largest absolute Gasteiger partial charge is 0.367 e. The van der Waals surface area contributed by atoms with Gasteiger partial charge in [0.2, 0.25) is 0 Å². The fourth-order valence-electron chi connectivity index (χ4n) is 1.83. The van der Waals surface area contributed by atoms with Gasteiger partial charge in [0.25, 0.3) is 0 Å². The van der Waals surface area contributed by atoms with Gasteiger partial charge in [0, 0.05) is 40.6 Å². The van der Waals surface area contributed by atoms with Crippen LogP contribution in [0.15, 0.2) is 42.9 Å². The molecule has 74 valence electrons. The number of hydrogen-bond donors (Lipinski definition) is 2. The van der Waals surface area contributed by atoms with Crippen molar-refractivity contribution >= 4 is 10.9 Å². The van der Waals surface area contributed by atoms with E-state index in [1.165, 1.54) is 12.1 Å². The highest BCUT2D eigenvalue weighted by Crippen LogP contribution is 2.28. The van der Waals surface area contributed by atoms with Crippen molar-refractivity contribution in [1.82, 2.24) is 9.97 Å². The number of fused-ring (bicyclic) bond motifs is 1. The topological polar surface area (TPSA) is 31.6 Å². The molecule has 3 rings (SSSR count). The number of benzene rings is 1. The maximum atomic E-state index is 13.0. The normalized spacial score (nSPS) is 11.0. The Morgan fingerprint density at radius 3 is 2.80 bits per heavy atom. The van der Waals surface area contributed by atoms with Gasteiger partial charge in [-0.15, -0.1) is 0 Å². The second-order valence-electron chi connectivity index (χ2n) is 3.49. The molecule has 0 aliphatic heterocycles. The maximum Gasteiger partial charge on any atom is 0.125 e. The van der Waals surface area contributed by atoms with Gasteiger partial charge in [0.15, 0.2) is 0 Å². The second-order valence-corrected chi connectivity index (χ2v) is 3.49. The molecule has 0 unspecified atom stereocenters. The molecule has 2 heterocycles. The standard InChI is InChI=1S/C12H9FN2/c13-9-1-2-10-11(7-15-12(10)5-9)8-3-4-14-6-8/h1-7,14-15H. The summed E-state index contributed by atoms with van der Waals surface area (Å²) in [4.78, 5) is 6.07. The number of aromatic nitrogens is 2. The lowest BCUT2D eigenvalue weighted by Crippen LogP contribution is -1.74. The predicted octanol–water partition coefficient (Wildman–Crippen LogP) is 3.30. The lowest BCUT2D eigenvalue weighted by atomic mass is 10.1. The van der Waals surface area contributed by atoms with E-state index < -0.39 is 0 Å². The lowest BCUT2D eigenvalue weighted by Gasteiger charge is -1.94. The van der Waals surface area contributed by atoms with E-state index in [4.69, 9.17) is 0 Å². The van der Waals surface area contributed by atoms with Crippen LogP contribution < -0.4 is 0 Å². The molecule has 2 N–H and O–H groups in total. The molecule has 0 saturated carbocycles. The minimum atomic E-state index is -0.218. The molecule has 2 aromatic heterocycles. The van der Waals surface area contributed by atoms with E-state index in [1.807, 2.05) is 24.7 Å². The van der Waals surface area contributed by atoms with Gasteiger partial charge in [0.05, 0.1) is 0 Å². The van der Waals surface area contributed by atoms with Crippen LogP contribution in [0.2, 0.25) is 0 Å². The van der Waals surface area contributed by atoms with E-state index in [0.717, 1.165) is 22.0 Å². The molecule has 0 radical (unpaired) electrons. The first kappa shape index (κ1) is 8.29. The zero-order chi connectivity index (χ0) is 10.3. The highest BCUT2D eigenvalue weighted by molar-refractivity contribution is 5.95. The van der Waals surface area contributed by atoms with Crippen molar-refractivity contribution in [3.05, 3.63) is 48.7 Å². The van der Waals surface area contributed by atoms with Crippen LogP contribution in [0, 0.1) is 5.82 Å². The van der Waals surface area contributed by atoms with Crippen molar-refractivity contribution in [1.29, 1.82) is 0 Å². The average molecular weight is 200 g/mol. The van der Waals surface area contributed by atoms with Gasteiger partial charge in [-0.05, 0) is 24.3 Å². The van der Waals surface area contributed by atoms with Crippen LogP contribution in [0.5, 0.6) is 0 Å². The molecule has 0 aliphatic rings. The number of nitrogens with one attached hydrogen (secondary N) is 2. The fourth-order valence-corrected chi connectivity index (χ4v) is 1.83. The third kappa shape index (κ3) is 1.24. The van der Waals surface area contributed by atoms with Gasteiger partial charge in [-0.1, -0.05) is 0 Å². The molecule has 15 heavy (non-hydrogen) atoms. The Bertz CT molecular complexity index is 593. The third-order valence-corrected chi connectivity index (χ3v) is 2.55. The fraction of sp³-hybridized carbons (Fsp3) is 0. The Hall–Kier alpha value is -2.03. The minimum Gasteiger partial charge on any atom is -0.367 e. The van der Waals surface area contributed by atoms with Crippen molar-refractivity contribution in [2.24, 2.45) is 0 Å². The van der Waals surface area contributed by atoms with Crippen LogP contribution in [-0.2, 0) is 0 Å². The van der Waals surface area contributed by atoms with Crippen molar-refractivity contribution < 1.29 is 4.39 Å². The molecule has 0 spiro atoms. The SMILES string of the molecule is Fc1ccc2c(-c3cc[nH]c3)c[nH]c2c1. The second kappa shape index (κ2) is 2.98. The zero-order valence-electron chi connectivity index (χ0n) is 7.92. The molecule has 1 aromatic carbocycles. The maximum absolute atomic E-state index is 13.0. The first-order chi connectivity index (χ1) is 7.34. The highest BCUT2D eigenvalue weighted by Gasteiger charge is 2.06. The van der Waals surface area contributed by atoms with Crippen LogP contribution in [0.1, 0.15) is 0 Å². The Labute approximate surface area is 85.8 Å². The summed E-state index contributed by atoms with van der Waals surface area (Å²) in [5.74, 6) is -0.218. The van der Waals surface area contributed by atoms with Gasteiger partial charge >= 0.3 is 0 Å². The number of hydrogen-bond acceptors (Lipinski definition) is 0.